The maximum Gasteiger partial charge on any atom is 0.222 e. The molecule has 4 aromatic rings. The van der Waals surface area contributed by atoms with E-state index in [1.165, 1.54) is 19.2 Å². The van der Waals surface area contributed by atoms with E-state index >= 15 is 0 Å². The number of methoxy groups -OCH3 is 1. The number of aromatic nitrogens is 3. The molecule has 5 rings (SSSR count). The van der Waals surface area contributed by atoms with Gasteiger partial charge in [0, 0.05) is 37.1 Å². The van der Waals surface area contributed by atoms with E-state index in [0.29, 0.717) is 46.3 Å². The second kappa shape index (κ2) is 8.65. The fourth-order valence-corrected chi connectivity index (χ4v) is 4.45. The van der Waals surface area contributed by atoms with Gasteiger partial charge in [-0.15, -0.1) is 0 Å². The number of hydrogen-bond donors (Lipinski definition) is 2. The molecular formula is C25H23FN6O2. The Labute approximate surface area is 195 Å². The van der Waals surface area contributed by atoms with Gasteiger partial charge in [-0.1, -0.05) is 18.2 Å². The number of benzene rings is 2. The highest BCUT2D eigenvalue weighted by molar-refractivity contribution is 5.92. The lowest BCUT2D eigenvalue weighted by atomic mass is 9.99. The Morgan fingerprint density at radius 2 is 2.06 bits per heavy atom. The van der Waals surface area contributed by atoms with Gasteiger partial charge in [-0.3, -0.25) is 4.40 Å². The van der Waals surface area contributed by atoms with Gasteiger partial charge in [0.2, 0.25) is 11.6 Å². The Morgan fingerprint density at radius 1 is 1.24 bits per heavy atom. The number of imidazole rings is 1. The van der Waals surface area contributed by atoms with Crippen molar-refractivity contribution in [1.29, 1.82) is 0 Å². The Hall–Kier alpha value is -4.16. The fraction of sp³-hybridized carbons (Fsp3) is 0.240. The lowest BCUT2D eigenvalue weighted by molar-refractivity contribution is 0.373. The first-order valence-corrected chi connectivity index (χ1v) is 10.9. The van der Waals surface area contributed by atoms with Crippen LogP contribution in [0.25, 0.3) is 32.9 Å². The molecule has 3 N–H and O–H groups in total. The zero-order chi connectivity index (χ0) is 23.8. The van der Waals surface area contributed by atoms with Gasteiger partial charge in [-0.05, 0) is 36.6 Å². The smallest absolute Gasteiger partial charge is 0.222 e. The van der Waals surface area contributed by atoms with Gasteiger partial charge in [-0.2, -0.15) is 0 Å². The Bertz CT molecular complexity index is 1430. The van der Waals surface area contributed by atoms with Gasteiger partial charge < -0.3 is 20.5 Å². The summed E-state index contributed by atoms with van der Waals surface area (Å²) < 4.78 is 21.7. The maximum atomic E-state index is 14.6. The number of hydrogen-bond acceptors (Lipinski definition) is 6. The second-order valence-electron chi connectivity index (χ2n) is 8.27. The second-order valence-corrected chi connectivity index (χ2v) is 8.27. The number of halogens is 1. The van der Waals surface area contributed by atoms with E-state index in [4.69, 9.17) is 22.0 Å². The fourth-order valence-electron chi connectivity index (χ4n) is 4.45. The molecule has 1 atom stereocenters. The Morgan fingerprint density at radius 3 is 2.76 bits per heavy atom. The Balaban J connectivity index is 1.79. The van der Waals surface area contributed by atoms with Crippen LogP contribution in [0.4, 0.5) is 16.0 Å². The van der Waals surface area contributed by atoms with Crippen LogP contribution < -0.4 is 15.4 Å². The summed E-state index contributed by atoms with van der Waals surface area (Å²) in [6.07, 6.45) is 5.40. The molecule has 0 saturated carbocycles. The summed E-state index contributed by atoms with van der Waals surface area (Å²) in [6, 6.07) is 9.51. The highest BCUT2D eigenvalue weighted by Crippen LogP contribution is 2.40. The van der Waals surface area contributed by atoms with Crippen molar-refractivity contribution in [2.75, 3.05) is 25.1 Å². The highest BCUT2D eigenvalue weighted by Gasteiger charge is 2.25. The van der Waals surface area contributed by atoms with Crippen molar-refractivity contribution in [2.45, 2.75) is 18.9 Å². The summed E-state index contributed by atoms with van der Waals surface area (Å²) in [5.41, 5.74) is 9.06. The quantitative estimate of drug-likeness (QED) is 0.441. The van der Waals surface area contributed by atoms with E-state index in [0.717, 1.165) is 19.4 Å². The summed E-state index contributed by atoms with van der Waals surface area (Å²) in [5, 5.41) is 10.4. The van der Waals surface area contributed by atoms with E-state index in [1.54, 1.807) is 30.5 Å². The van der Waals surface area contributed by atoms with Gasteiger partial charge in [0.15, 0.2) is 11.5 Å². The Kier molecular flexibility index (Phi) is 5.51. The monoisotopic (exact) mass is 458 g/mol. The lowest BCUT2D eigenvalue weighted by Gasteiger charge is -2.32. The van der Waals surface area contributed by atoms with Crippen molar-refractivity contribution in [3.63, 3.8) is 0 Å². The lowest BCUT2D eigenvalue weighted by Crippen LogP contribution is -2.44. The van der Waals surface area contributed by atoms with E-state index < -0.39 is 5.82 Å². The van der Waals surface area contributed by atoms with Crippen molar-refractivity contribution < 1.29 is 14.2 Å². The predicted molar refractivity (Wildman–Crippen MR) is 128 cm³/mol. The number of nitrogens with two attached hydrogens (primary N) is 1. The molecule has 2 aromatic heterocycles. The zero-order valence-corrected chi connectivity index (χ0v) is 18.6. The normalized spacial score (nSPS) is 15.9. The molecule has 0 amide bonds. The number of aromatic hydroxyl groups is 1. The van der Waals surface area contributed by atoms with Gasteiger partial charge in [-0.25, -0.2) is 19.2 Å². The van der Waals surface area contributed by atoms with E-state index in [1.807, 2.05) is 10.6 Å². The standard InChI is InChI=1S/C25H23FN6O2/c1-28-19-7-5-16(12-18(19)26)23-22(15-6-8-21(34-2)20(33)13-15)24-29-9-11-32(24)25(30-23)31-10-3-4-17(27)14-31/h5-9,11-13,17,33H,3-4,10,14,27H2,2H3/t17-/m1/s1. The van der Waals surface area contributed by atoms with Gasteiger partial charge in [0.05, 0.1) is 24.9 Å². The molecule has 0 unspecified atom stereocenters. The molecular weight excluding hydrogens is 435 g/mol. The minimum atomic E-state index is -0.623. The third-order valence-corrected chi connectivity index (χ3v) is 6.08. The van der Waals surface area contributed by atoms with Crippen LogP contribution in [0.2, 0.25) is 0 Å². The molecule has 0 spiro atoms. The number of anilines is 1. The number of ether oxygens (including phenoxy) is 1. The van der Waals surface area contributed by atoms with Gasteiger partial charge in [0.1, 0.15) is 11.5 Å². The van der Waals surface area contributed by atoms with E-state index in [2.05, 4.69) is 14.7 Å². The molecule has 9 heteroatoms. The van der Waals surface area contributed by atoms with Crippen LogP contribution in [0, 0.1) is 12.4 Å². The van der Waals surface area contributed by atoms with Crippen LogP contribution in [0.15, 0.2) is 48.8 Å². The molecule has 0 bridgehead atoms. The van der Waals surface area contributed by atoms with Crippen molar-refractivity contribution in [1.82, 2.24) is 14.4 Å². The van der Waals surface area contributed by atoms with Crippen LogP contribution >= 0.6 is 0 Å². The van der Waals surface area contributed by atoms with E-state index in [-0.39, 0.29) is 17.5 Å². The topological polar surface area (TPSA) is 93.3 Å². The molecule has 1 fully saturated rings. The molecule has 1 aliphatic rings. The largest absolute Gasteiger partial charge is 0.504 e. The average Bonchev–Trinajstić information content (AvgIpc) is 3.32. The SMILES string of the molecule is [C-]#[N+]c1ccc(-c2nc(N3CCC[C@@H](N)C3)n3ccnc3c2-c2ccc(OC)c(O)c2)cc1F. The molecule has 0 aliphatic carbocycles. The van der Waals surface area contributed by atoms with Crippen molar-refractivity contribution in [2.24, 2.45) is 5.73 Å². The number of rotatable bonds is 4. The van der Waals surface area contributed by atoms with Crippen molar-refractivity contribution in [3.8, 4) is 33.9 Å². The molecule has 1 saturated heterocycles. The first-order chi connectivity index (χ1) is 16.5. The van der Waals surface area contributed by atoms with Crippen LogP contribution in [0.3, 0.4) is 0 Å². The van der Waals surface area contributed by atoms with Crippen LogP contribution in [0.5, 0.6) is 11.5 Å². The maximum absolute atomic E-state index is 14.6. The molecule has 172 valence electrons. The third-order valence-electron chi connectivity index (χ3n) is 6.08. The minimum Gasteiger partial charge on any atom is -0.504 e. The summed E-state index contributed by atoms with van der Waals surface area (Å²) >= 11 is 0. The summed E-state index contributed by atoms with van der Waals surface area (Å²) in [5.74, 6) is 0.344. The number of piperidine rings is 1. The van der Waals surface area contributed by atoms with Gasteiger partial charge >= 0.3 is 0 Å². The van der Waals surface area contributed by atoms with Crippen molar-refractivity contribution >= 4 is 17.3 Å². The number of fused-ring (bicyclic) bond motifs is 1. The molecule has 8 nitrogen and oxygen atoms in total. The summed E-state index contributed by atoms with van der Waals surface area (Å²) in [6.45, 7) is 8.61. The first kappa shape index (κ1) is 21.7. The van der Waals surface area contributed by atoms with Crippen molar-refractivity contribution in [3.05, 3.63) is 66.0 Å². The summed E-state index contributed by atoms with van der Waals surface area (Å²) in [7, 11) is 1.48. The molecule has 0 radical (unpaired) electrons. The average molecular weight is 458 g/mol. The minimum absolute atomic E-state index is 0.0312. The molecule has 1 aliphatic heterocycles. The number of phenolic OH excluding ortho intramolecular Hbond substituents is 1. The van der Waals surface area contributed by atoms with Gasteiger partial charge in [0.25, 0.3) is 0 Å². The summed E-state index contributed by atoms with van der Waals surface area (Å²) in [4.78, 5) is 14.9. The van der Waals surface area contributed by atoms with Crippen LogP contribution in [-0.2, 0) is 0 Å². The third kappa shape index (κ3) is 3.68. The predicted octanol–water partition coefficient (Wildman–Crippen LogP) is 4.39. The molecule has 34 heavy (non-hydrogen) atoms. The van der Waals surface area contributed by atoms with Crippen LogP contribution in [0.1, 0.15) is 12.8 Å². The van der Waals surface area contributed by atoms with Crippen LogP contribution in [-0.4, -0.2) is 45.7 Å². The molecule has 3 heterocycles. The first-order valence-electron chi connectivity index (χ1n) is 10.9. The number of phenols is 1. The molecule has 2 aromatic carbocycles. The zero-order valence-electron chi connectivity index (χ0n) is 18.6. The highest BCUT2D eigenvalue weighted by atomic mass is 19.1. The number of nitrogens with zero attached hydrogens (tertiary/aromatic N) is 5. The van der Waals surface area contributed by atoms with E-state index in [9.17, 15) is 9.50 Å².